The molecule has 0 amide bonds. The molecule has 0 spiro atoms. The zero-order chi connectivity index (χ0) is 13.1. The van der Waals surface area contributed by atoms with Crippen LogP contribution >= 0.6 is 39.3 Å². The standard InChI is InChI=1S/C14H13BrClNS/c1-9(17)10-5-6-14(13(15)7-10)18-12-4-2-3-11(16)8-12/h2-9H,17H2,1H3/t9-/m1/s1. The zero-order valence-electron chi connectivity index (χ0n) is 9.86. The van der Waals surface area contributed by atoms with Crippen LogP contribution in [-0.4, -0.2) is 0 Å². The van der Waals surface area contributed by atoms with Gasteiger partial charge in [0.2, 0.25) is 0 Å². The highest BCUT2D eigenvalue weighted by atomic mass is 79.9. The first-order valence-electron chi connectivity index (χ1n) is 5.54. The Morgan fingerprint density at radius 3 is 2.61 bits per heavy atom. The molecule has 1 atom stereocenters. The number of hydrogen-bond acceptors (Lipinski definition) is 2. The summed E-state index contributed by atoms with van der Waals surface area (Å²) in [6, 6.07) is 14.1. The van der Waals surface area contributed by atoms with Crippen LogP contribution in [0.3, 0.4) is 0 Å². The monoisotopic (exact) mass is 341 g/mol. The predicted octanol–water partition coefficient (Wildman–Crippen LogP) is 5.27. The Hall–Kier alpha value is -0.480. The highest BCUT2D eigenvalue weighted by Crippen LogP contribution is 2.35. The number of halogens is 2. The molecule has 0 fully saturated rings. The van der Waals surface area contributed by atoms with Crippen LogP contribution in [0.25, 0.3) is 0 Å². The molecule has 18 heavy (non-hydrogen) atoms. The van der Waals surface area contributed by atoms with Crippen molar-refractivity contribution in [3.05, 3.63) is 57.5 Å². The average molecular weight is 343 g/mol. The molecular formula is C14H13BrClNS. The lowest BCUT2D eigenvalue weighted by Crippen LogP contribution is -2.04. The van der Waals surface area contributed by atoms with E-state index >= 15 is 0 Å². The summed E-state index contributed by atoms with van der Waals surface area (Å²) in [7, 11) is 0. The second-order valence-electron chi connectivity index (χ2n) is 4.04. The van der Waals surface area contributed by atoms with Crippen LogP contribution in [0.1, 0.15) is 18.5 Å². The molecule has 2 aromatic rings. The third kappa shape index (κ3) is 3.51. The van der Waals surface area contributed by atoms with E-state index in [0.717, 1.165) is 24.8 Å². The van der Waals surface area contributed by atoms with Gasteiger partial charge in [-0.05, 0) is 58.7 Å². The van der Waals surface area contributed by atoms with Crippen molar-refractivity contribution < 1.29 is 0 Å². The number of nitrogens with two attached hydrogens (primary N) is 1. The average Bonchev–Trinajstić information content (AvgIpc) is 2.31. The van der Waals surface area contributed by atoms with Crippen molar-refractivity contribution in [2.75, 3.05) is 0 Å². The van der Waals surface area contributed by atoms with E-state index < -0.39 is 0 Å². The molecule has 0 aliphatic rings. The Balaban J connectivity index is 2.24. The fraction of sp³-hybridized carbons (Fsp3) is 0.143. The van der Waals surface area contributed by atoms with Gasteiger partial charge in [0.05, 0.1) is 0 Å². The maximum atomic E-state index is 5.98. The molecule has 0 saturated carbocycles. The third-order valence-corrected chi connectivity index (χ3v) is 4.72. The van der Waals surface area contributed by atoms with Gasteiger partial charge in [-0.25, -0.2) is 0 Å². The van der Waals surface area contributed by atoms with E-state index in [-0.39, 0.29) is 6.04 Å². The van der Waals surface area contributed by atoms with Crippen LogP contribution in [0, 0.1) is 0 Å². The SMILES string of the molecule is C[C@@H](N)c1ccc(Sc2cccc(Cl)c2)c(Br)c1. The van der Waals surface area contributed by atoms with E-state index in [1.807, 2.05) is 31.2 Å². The third-order valence-electron chi connectivity index (χ3n) is 2.51. The van der Waals surface area contributed by atoms with Gasteiger partial charge in [-0.1, -0.05) is 35.5 Å². The highest BCUT2D eigenvalue weighted by Gasteiger charge is 2.06. The summed E-state index contributed by atoms with van der Waals surface area (Å²) < 4.78 is 1.06. The molecule has 2 rings (SSSR count). The lowest BCUT2D eigenvalue weighted by molar-refractivity contribution is 0.815. The van der Waals surface area contributed by atoms with Crippen LogP contribution < -0.4 is 5.73 Å². The van der Waals surface area contributed by atoms with Gasteiger partial charge < -0.3 is 5.73 Å². The molecular weight excluding hydrogens is 330 g/mol. The van der Waals surface area contributed by atoms with E-state index in [2.05, 4.69) is 34.1 Å². The Bertz CT molecular complexity index is 557. The molecule has 0 radical (unpaired) electrons. The molecule has 1 nitrogen and oxygen atoms in total. The van der Waals surface area contributed by atoms with Crippen LogP contribution in [0.2, 0.25) is 5.02 Å². The molecule has 2 N–H and O–H groups in total. The number of rotatable bonds is 3. The summed E-state index contributed by atoms with van der Waals surface area (Å²) in [5.74, 6) is 0. The van der Waals surface area contributed by atoms with Crippen molar-refractivity contribution >= 4 is 39.3 Å². The van der Waals surface area contributed by atoms with Crippen molar-refractivity contribution in [3.63, 3.8) is 0 Å². The maximum absolute atomic E-state index is 5.98. The lowest BCUT2D eigenvalue weighted by Gasteiger charge is -2.09. The summed E-state index contributed by atoms with van der Waals surface area (Å²) in [5, 5.41) is 0.753. The fourth-order valence-corrected chi connectivity index (χ4v) is 3.31. The topological polar surface area (TPSA) is 26.0 Å². The first-order chi connectivity index (χ1) is 8.56. The van der Waals surface area contributed by atoms with Gasteiger partial charge in [-0.2, -0.15) is 0 Å². The van der Waals surface area contributed by atoms with Crippen molar-refractivity contribution in [1.29, 1.82) is 0 Å². The molecule has 0 aromatic heterocycles. The number of benzene rings is 2. The van der Waals surface area contributed by atoms with Gasteiger partial charge in [-0.15, -0.1) is 0 Å². The first-order valence-corrected chi connectivity index (χ1v) is 7.53. The minimum atomic E-state index is 0.0477. The van der Waals surface area contributed by atoms with Gasteiger partial charge in [-0.3, -0.25) is 0 Å². The van der Waals surface area contributed by atoms with E-state index in [1.165, 1.54) is 0 Å². The minimum Gasteiger partial charge on any atom is -0.324 e. The van der Waals surface area contributed by atoms with Crippen molar-refractivity contribution in [2.45, 2.75) is 22.8 Å². The summed E-state index contributed by atoms with van der Waals surface area (Å²) >= 11 is 11.2. The van der Waals surface area contributed by atoms with Crippen molar-refractivity contribution in [2.24, 2.45) is 5.73 Å². The molecule has 0 aliphatic carbocycles. The molecule has 94 valence electrons. The van der Waals surface area contributed by atoms with Gasteiger partial charge in [0, 0.05) is 25.3 Å². The Kier molecular flexibility index (Phi) is 4.73. The van der Waals surface area contributed by atoms with Crippen LogP contribution in [-0.2, 0) is 0 Å². The maximum Gasteiger partial charge on any atom is 0.0417 e. The fourth-order valence-electron chi connectivity index (χ4n) is 1.54. The summed E-state index contributed by atoms with van der Waals surface area (Å²) in [6.07, 6.45) is 0. The van der Waals surface area contributed by atoms with Crippen LogP contribution in [0.15, 0.2) is 56.7 Å². The summed E-state index contributed by atoms with van der Waals surface area (Å²) in [6.45, 7) is 1.98. The van der Waals surface area contributed by atoms with E-state index in [9.17, 15) is 0 Å². The van der Waals surface area contributed by atoms with Gasteiger partial charge in [0.1, 0.15) is 0 Å². The van der Waals surface area contributed by atoms with E-state index in [1.54, 1.807) is 11.8 Å². The van der Waals surface area contributed by atoms with Crippen molar-refractivity contribution in [1.82, 2.24) is 0 Å². The van der Waals surface area contributed by atoms with Crippen LogP contribution in [0.5, 0.6) is 0 Å². The second-order valence-corrected chi connectivity index (χ2v) is 6.44. The predicted molar refractivity (Wildman–Crippen MR) is 82.3 cm³/mol. The van der Waals surface area contributed by atoms with Gasteiger partial charge in [0.25, 0.3) is 0 Å². The summed E-state index contributed by atoms with van der Waals surface area (Å²) in [5.41, 5.74) is 6.98. The lowest BCUT2D eigenvalue weighted by atomic mass is 10.1. The molecule has 0 heterocycles. The first kappa shape index (κ1) is 13.9. The Labute approximate surface area is 125 Å². The van der Waals surface area contributed by atoms with E-state index in [0.29, 0.717) is 0 Å². The molecule has 0 bridgehead atoms. The minimum absolute atomic E-state index is 0.0477. The Morgan fingerprint density at radius 1 is 1.22 bits per heavy atom. The van der Waals surface area contributed by atoms with Crippen molar-refractivity contribution in [3.8, 4) is 0 Å². The second kappa shape index (κ2) is 6.11. The molecule has 2 aromatic carbocycles. The molecule has 0 aliphatic heterocycles. The Morgan fingerprint density at radius 2 is 2.00 bits per heavy atom. The zero-order valence-corrected chi connectivity index (χ0v) is 13.0. The summed E-state index contributed by atoms with van der Waals surface area (Å²) in [4.78, 5) is 2.28. The highest BCUT2D eigenvalue weighted by molar-refractivity contribution is 9.10. The smallest absolute Gasteiger partial charge is 0.0417 e. The van der Waals surface area contributed by atoms with Gasteiger partial charge >= 0.3 is 0 Å². The van der Waals surface area contributed by atoms with Gasteiger partial charge in [0.15, 0.2) is 0 Å². The largest absolute Gasteiger partial charge is 0.324 e. The molecule has 0 unspecified atom stereocenters. The molecule has 0 saturated heterocycles. The van der Waals surface area contributed by atoms with Crippen LogP contribution in [0.4, 0.5) is 0 Å². The normalized spacial score (nSPS) is 12.4. The quantitative estimate of drug-likeness (QED) is 0.822. The number of hydrogen-bond donors (Lipinski definition) is 1. The van der Waals surface area contributed by atoms with E-state index in [4.69, 9.17) is 17.3 Å². The molecule has 4 heteroatoms.